The molecule has 0 aliphatic carbocycles. The van der Waals surface area contributed by atoms with Crippen LogP contribution < -0.4 is 5.32 Å². The van der Waals surface area contributed by atoms with Crippen molar-refractivity contribution >= 4 is 17.3 Å². The number of anilines is 1. The molecule has 0 saturated carbocycles. The molecule has 2 N–H and O–H groups in total. The van der Waals surface area contributed by atoms with Crippen molar-refractivity contribution in [1.82, 2.24) is 4.90 Å². The molecule has 7 heteroatoms. The maximum absolute atomic E-state index is 12.4. The largest absolute Gasteiger partial charge is 0.393 e. The van der Waals surface area contributed by atoms with Crippen molar-refractivity contribution in [3.05, 3.63) is 33.9 Å². The van der Waals surface area contributed by atoms with Crippen molar-refractivity contribution in [3.63, 3.8) is 0 Å². The first-order chi connectivity index (χ1) is 10.8. The van der Waals surface area contributed by atoms with Crippen LogP contribution in [0.5, 0.6) is 0 Å². The number of amides is 1. The van der Waals surface area contributed by atoms with Gasteiger partial charge in [0.15, 0.2) is 0 Å². The predicted octanol–water partition coefficient (Wildman–Crippen LogP) is 1.93. The Morgan fingerprint density at radius 3 is 2.74 bits per heavy atom. The quantitative estimate of drug-likeness (QED) is 0.638. The Kier molecular flexibility index (Phi) is 5.33. The number of nitro groups is 1. The van der Waals surface area contributed by atoms with Crippen LogP contribution in [-0.2, 0) is 4.79 Å². The van der Waals surface area contributed by atoms with Crippen molar-refractivity contribution < 1.29 is 14.8 Å². The highest BCUT2D eigenvalue weighted by Gasteiger charge is 2.31. The lowest BCUT2D eigenvalue weighted by molar-refractivity contribution is -0.385. The average molecular weight is 321 g/mol. The van der Waals surface area contributed by atoms with Crippen molar-refractivity contribution in [2.24, 2.45) is 5.92 Å². The van der Waals surface area contributed by atoms with Crippen LogP contribution in [0.1, 0.15) is 25.8 Å². The fraction of sp³-hybridized carbons (Fsp3) is 0.562. The summed E-state index contributed by atoms with van der Waals surface area (Å²) in [5.74, 6) is -0.00959. The Morgan fingerprint density at radius 1 is 1.48 bits per heavy atom. The lowest BCUT2D eigenvalue weighted by Crippen LogP contribution is -2.41. The van der Waals surface area contributed by atoms with Gasteiger partial charge in [-0.1, -0.05) is 6.07 Å². The SMILES string of the molecule is Cc1c(NC(=O)C(C)N2CCC(C(C)O)C2)cccc1[N+](=O)[O-]. The topological polar surface area (TPSA) is 95.7 Å². The van der Waals surface area contributed by atoms with Gasteiger partial charge in [-0.05, 0) is 45.7 Å². The minimum atomic E-state index is -0.456. The summed E-state index contributed by atoms with van der Waals surface area (Å²) in [7, 11) is 0. The van der Waals surface area contributed by atoms with E-state index in [-0.39, 0.29) is 29.7 Å². The number of rotatable bonds is 5. The second-order valence-electron chi connectivity index (χ2n) is 6.16. The number of benzene rings is 1. The fourth-order valence-corrected chi connectivity index (χ4v) is 2.92. The molecule has 1 amide bonds. The van der Waals surface area contributed by atoms with E-state index < -0.39 is 4.92 Å². The van der Waals surface area contributed by atoms with Crippen LogP contribution in [0.3, 0.4) is 0 Å². The van der Waals surface area contributed by atoms with Crippen molar-refractivity contribution in [2.75, 3.05) is 18.4 Å². The first-order valence-corrected chi connectivity index (χ1v) is 7.78. The van der Waals surface area contributed by atoms with Crippen LogP contribution in [-0.4, -0.2) is 46.1 Å². The fourth-order valence-electron chi connectivity index (χ4n) is 2.92. The molecular formula is C16H23N3O4. The molecule has 1 aliphatic heterocycles. The minimum absolute atomic E-state index is 0.00852. The van der Waals surface area contributed by atoms with Gasteiger partial charge in [0.1, 0.15) is 0 Å². The molecule has 2 rings (SSSR count). The Morgan fingerprint density at radius 2 is 2.17 bits per heavy atom. The molecule has 23 heavy (non-hydrogen) atoms. The van der Waals surface area contributed by atoms with E-state index in [4.69, 9.17) is 0 Å². The summed E-state index contributed by atoms with van der Waals surface area (Å²) in [6.07, 6.45) is 0.486. The van der Waals surface area contributed by atoms with Crippen LogP contribution in [0.25, 0.3) is 0 Å². The molecule has 0 radical (unpaired) electrons. The van der Waals surface area contributed by atoms with Gasteiger partial charge < -0.3 is 10.4 Å². The minimum Gasteiger partial charge on any atom is -0.393 e. The first-order valence-electron chi connectivity index (χ1n) is 7.78. The summed E-state index contributed by atoms with van der Waals surface area (Å²) < 4.78 is 0. The Balaban J connectivity index is 2.05. The highest BCUT2D eigenvalue weighted by atomic mass is 16.6. The molecule has 0 bridgehead atoms. The number of carbonyl (C=O) groups is 1. The zero-order chi connectivity index (χ0) is 17.1. The number of hydrogen-bond acceptors (Lipinski definition) is 5. The molecular weight excluding hydrogens is 298 g/mol. The number of nitro benzene ring substituents is 1. The van der Waals surface area contributed by atoms with Gasteiger partial charge >= 0.3 is 0 Å². The third-order valence-corrected chi connectivity index (χ3v) is 4.63. The van der Waals surface area contributed by atoms with Gasteiger partial charge in [0.25, 0.3) is 5.69 Å². The van der Waals surface area contributed by atoms with Gasteiger partial charge in [-0.25, -0.2) is 0 Å². The normalized spacial score (nSPS) is 21.0. The van der Waals surface area contributed by atoms with E-state index in [1.54, 1.807) is 26.0 Å². The maximum Gasteiger partial charge on any atom is 0.274 e. The van der Waals surface area contributed by atoms with Crippen LogP contribution in [0.2, 0.25) is 0 Å². The molecule has 1 aromatic carbocycles. The third kappa shape index (κ3) is 3.86. The molecule has 0 aromatic heterocycles. The molecule has 3 atom stereocenters. The summed E-state index contributed by atoms with van der Waals surface area (Å²) in [5.41, 5.74) is 0.898. The zero-order valence-corrected chi connectivity index (χ0v) is 13.7. The van der Waals surface area contributed by atoms with E-state index in [0.29, 0.717) is 17.8 Å². The summed E-state index contributed by atoms with van der Waals surface area (Å²) in [5, 5.41) is 23.4. The summed E-state index contributed by atoms with van der Waals surface area (Å²) in [4.78, 5) is 25.0. The van der Waals surface area contributed by atoms with Gasteiger partial charge in [-0.15, -0.1) is 0 Å². The molecule has 1 aliphatic rings. The van der Waals surface area contributed by atoms with Gasteiger partial charge in [0.05, 0.1) is 28.3 Å². The molecule has 1 aromatic rings. The molecule has 7 nitrogen and oxygen atoms in total. The van der Waals surface area contributed by atoms with E-state index >= 15 is 0 Å². The zero-order valence-electron chi connectivity index (χ0n) is 13.7. The van der Waals surface area contributed by atoms with E-state index in [1.807, 2.05) is 11.8 Å². The molecule has 1 saturated heterocycles. The standard InChI is InChI=1S/C16H23N3O4/c1-10-14(5-4-6-15(10)19(22)23)17-16(21)11(2)18-8-7-13(9-18)12(3)20/h4-6,11-13,20H,7-9H2,1-3H3,(H,17,21). The Hall–Kier alpha value is -1.99. The number of nitrogens with one attached hydrogen (secondary N) is 1. The second kappa shape index (κ2) is 7.06. The molecule has 3 unspecified atom stereocenters. The van der Waals surface area contributed by atoms with Crippen molar-refractivity contribution in [3.8, 4) is 0 Å². The summed E-state index contributed by atoms with van der Waals surface area (Å²) in [6.45, 7) is 6.65. The van der Waals surface area contributed by atoms with Crippen molar-refractivity contribution in [1.29, 1.82) is 0 Å². The molecule has 126 valence electrons. The van der Waals surface area contributed by atoms with E-state index in [2.05, 4.69) is 5.32 Å². The molecule has 1 fully saturated rings. The van der Waals surface area contributed by atoms with Gasteiger partial charge in [0, 0.05) is 12.6 Å². The van der Waals surface area contributed by atoms with Crippen molar-refractivity contribution in [2.45, 2.75) is 39.3 Å². The smallest absolute Gasteiger partial charge is 0.274 e. The number of aliphatic hydroxyl groups excluding tert-OH is 1. The van der Waals surface area contributed by atoms with Gasteiger partial charge in [-0.2, -0.15) is 0 Å². The van der Waals surface area contributed by atoms with Crippen LogP contribution in [0.15, 0.2) is 18.2 Å². The highest BCUT2D eigenvalue weighted by Crippen LogP contribution is 2.26. The van der Waals surface area contributed by atoms with E-state index in [1.165, 1.54) is 6.07 Å². The number of nitrogens with zero attached hydrogens (tertiary/aromatic N) is 2. The second-order valence-corrected chi connectivity index (χ2v) is 6.16. The Bertz CT molecular complexity index is 603. The van der Waals surface area contributed by atoms with Crippen LogP contribution in [0.4, 0.5) is 11.4 Å². The highest BCUT2D eigenvalue weighted by molar-refractivity contribution is 5.95. The van der Waals surface area contributed by atoms with Gasteiger partial charge in [0.2, 0.25) is 5.91 Å². The summed E-state index contributed by atoms with van der Waals surface area (Å²) in [6, 6.07) is 4.29. The number of carbonyl (C=O) groups excluding carboxylic acids is 1. The van der Waals surface area contributed by atoms with Crippen LogP contribution >= 0.6 is 0 Å². The predicted molar refractivity (Wildman–Crippen MR) is 87.3 cm³/mol. The van der Waals surface area contributed by atoms with Gasteiger partial charge in [-0.3, -0.25) is 19.8 Å². The Labute approximate surface area is 135 Å². The lowest BCUT2D eigenvalue weighted by atomic mass is 10.0. The van der Waals surface area contributed by atoms with E-state index in [9.17, 15) is 20.0 Å². The number of hydrogen-bond donors (Lipinski definition) is 2. The summed E-state index contributed by atoms with van der Waals surface area (Å²) >= 11 is 0. The molecule has 0 spiro atoms. The number of aliphatic hydroxyl groups is 1. The molecule has 1 heterocycles. The number of likely N-dealkylation sites (tertiary alicyclic amines) is 1. The maximum atomic E-state index is 12.4. The third-order valence-electron chi connectivity index (χ3n) is 4.63. The average Bonchev–Trinajstić information content (AvgIpc) is 2.98. The monoisotopic (exact) mass is 321 g/mol. The van der Waals surface area contributed by atoms with Crippen LogP contribution in [0, 0.1) is 23.0 Å². The van der Waals surface area contributed by atoms with E-state index in [0.717, 1.165) is 13.0 Å². The lowest BCUT2D eigenvalue weighted by Gasteiger charge is -2.24. The first kappa shape index (κ1) is 17.4.